The van der Waals surface area contributed by atoms with E-state index in [2.05, 4.69) is 6.58 Å². The van der Waals surface area contributed by atoms with Gasteiger partial charge in [-0.05, 0) is 18.2 Å². The molecule has 19 heavy (non-hydrogen) atoms. The molecule has 0 saturated carbocycles. The Hall–Kier alpha value is -2.24. The lowest BCUT2D eigenvalue weighted by molar-refractivity contribution is -0.142. The Morgan fingerprint density at radius 1 is 1.05 bits per heavy atom. The van der Waals surface area contributed by atoms with Crippen molar-refractivity contribution in [3.8, 4) is 0 Å². The number of hydrogen-bond acceptors (Lipinski definition) is 6. The van der Waals surface area contributed by atoms with Crippen LogP contribution in [0.25, 0.3) is 0 Å². The first kappa shape index (κ1) is 16.8. The van der Waals surface area contributed by atoms with Crippen LogP contribution in [0.15, 0.2) is 36.3 Å². The molecule has 0 aliphatic heterocycles. The van der Waals surface area contributed by atoms with E-state index in [-0.39, 0.29) is 25.8 Å². The highest BCUT2D eigenvalue weighted by Gasteiger charge is 1.97. The second-order valence-corrected chi connectivity index (χ2v) is 3.48. The Balaban J connectivity index is 4.15. The number of rotatable bonds is 8. The molecule has 6 heteroatoms. The summed E-state index contributed by atoms with van der Waals surface area (Å²) in [5.41, 5.74) is 5.97. The van der Waals surface area contributed by atoms with Gasteiger partial charge in [-0.25, -0.2) is 0 Å². The Bertz CT molecular complexity index is 384. The van der Waals surface area contributed by atoms with Gasteiger partial charge in [0.2, 0.25) is 0 Å². The third-order valence-electron chi connectivity index (χ3n) is 1.76. The summed E-state index contributed by atoms with van der Waals surface area (Å²) in [6.45, 7) is 6.59. The second kappa shape index (κ2) is 9.76. The lowest BCUT2D eigenvalue weighted by Crippen LogP contribution is -2.09. The molecule has 0 aliphatic rings. The van der Waals surface area contributed by atoms with Gasteiger partial charge in [-0.3, -0.25) is 9.59 Å². The molecule has 0 amide bonds. The molecule has 0 bridgehead atoms. The first-order valence-corrected chi connectivity index (χ1v) is 5.64. The minimum absolute atomic E-state index is 0.0176. The van der Waals surface area contributed by atoms with Gasteiger partial charge < -0.3 is 19.9 Å². The summed E-state index contributed by atoms with van der Waals surface area (Å²) in [6, 6.07) is 0. The standard InChI is InChI=1S/C13H19NO5/c1-4-13(18-8-7-17-10(2)15)6-5-12(14)9-19-11(3)16/h4-6H,1,7-9,14H2,2-3H3/b12-5-,13-6+. The smallest absolute Gasteiger partial charge is 0.303 e. The van der Waals surface area contributed by atoms with E-state index in [0.717, 1.165) is 0 Å². The molecule has 2 N–H and O–H groups in total. The van der Waals surface area contributed by atoms with Crippen molar-refractivity contribution in [2.24, 2.45) is 5.73 Å². The van der Waals surface area contributed by atoms with Crippen LogP contribution in [-0.4, -0.2) is 31.8 Å². The highest BCUT2D eigenvalue weighted by molar-refractivity contribution is 5.66. The summed E-state index contributed by atoms with van der Waals surface area (Å²) in [4.78, 5) is 21.1. The largest absolute Gasteiger partial charge is 0.490 e. The SMILES string of the molecule is C=C/C(=C\C=C(/N)COC(C)=O)OCCOC(C)=O. The van der Waals surface area contributed by atoms with E-state index in [1.807, 2.05) is 0 Å². The Kier molecular flexibility index (Phi) is 8.61. The number of hydrogen-bond donors (Lipinski definition) is 1. The minimum Gasteiger partial charge on any atom is -0.490 e. The topological polar surface area (TPSA) is 87.8 Å². The number of carbonyl (C=O) groups excluding carboxylic acids is 2. The van der Waals surface area contributed by atoms with Crippen molar-refractivity contribution >= 4 is 11.9 Å². The zero-order valence-corrected chi connectivity index (χ0v) is 11.2. The first-order valence-electron chi connectivity index (χ1n) is 5.64. The summed E-state index contributed by atoms with van der Waals surface area (Å²) in [6.07, 6.45) is 4.62. The lowest BCUT2D eigenvalue weighted by atomic mass is 10.3. The van der Waals surface area contributed by atoms with Gasteiger partial charge in [-0.15, -0.1) is 0 Å². The quantitative estimate of drug-likeness (QED) is 0.306. The monoisotopic (exact) mass is 269 g/mol. The van der Waals surface area contributed by atoms with Crippen LogP contribution >= 0.6 is 0 Å². The van der Waals surface area contributed by atoms with Crippen LogP contribution < -0.4 is 5.73 Å². The van der Waals surface area contributed by atoms with E-state index in [4.69, 9.17) is 19.9 Å². The minimum atomic E-state index is -0.401. The maximum Gasteiger partial charge on any atom is 0.303 e. The number of allylic oxidation sites excluding steroid dienone is 3. The fourth-order valence-corrected chi connectivity index (χ4v) is 0.942. The van der Waals surface area contributed by atoms with E-state index in [1.165, 1.54) is 19.9 Å². The average molecular weight is 269 g/mol. The molecule has 0 fully saturated rings. The van der Waals surface area contributed by atoms with Crippen LogP contribution in [0.5, 0.6) is 0 Å². The van der Waals surface area contributed by atoms with Crippen molar-refractivity contribution in [3.05, 3.63) is 36.3 Å². The fraction of sp³-hybridized carbons (Fsp3) is 0.385. The van der Waals surface area contributed by atoms with Crippen molar-refractivity contribution in [2.75, 3.05) is 19.8 Å². The van der Waals surface area contributed by atoms with Crippen LogP contribution in [-0.2, 0) is 23.8 Å². The van der Waals surface area contributed by atoms with Crippen molar-refractivity contribution in [1.29, 1.82) is 0 Å². The van der Waals surface area contributed by atoms with Gasteiger partial charge in [0, 0.05) is 19.5 Å². The molecule has 0 spiro atoms. The van der Waals surface area contributed by atoms with Gasteiger partial charge in [0.15, 0.2) is 0 Å². The van der Waals surface area contributed by atoms with Gasteiger partial charge in [0.1, 0.15) is 25.6 Å². The highest BCUT2D eigenvalue weighted by atomic mass is 16.6. The summed E-state index contributed by atoms with van der Waals surface area (Å²) in [7, 11) is 0. The van der Waals surface area contributed by atoms with Crippen LogP contribution in [0.3, 0.4) is 0 Å². The van der Waals surface area contributed by atoms with E-state index in [1.54, 1.807) is 12.2 Å². The Morgan fingerprint density at radius 2 is 1.63 bits per heavy atom. The molecular formula is C13H19NO5. The second-order valence-electron chi connectivity index (χ2n) is 3.48. The summed E-state index contributed by atoms with van der Waals surface area (Å²) >= 11 is 0. The Morgan fingerprint density at radius 3 is 2.16 bits per heavy atom. The maximum absolute atomic E-state index is 10.6. The highest BCUT2D eigenvalue weighted by Crippen LogP contribution is 2.00. The average Bonchev–Trinajstić information content (AvgIpc) is 2.35. The van der Waals surface area contributed by atoms with Crippen LogP contribution in [0, 0.1) is 0 Å². The van der Waals surface area contributed by atoms with Gasteiger partial charge in [0.25, 0.3) is 0 Å². The van der Waals surface area contributed by atoms with E-state index in [9.17, 15) is 9.59 Å². The van der Waals surface area contributed by atoms with E-state index < -0.39 is 5.97 Å². The maximum atomic E-state index is 10.6. The zero-order chi connectivity index (χ0) is 14.7. The molecule has 0 heterocycles. The van der Waals surface area contributed by atoms with Gasteiger partial charge in [0.05, 0.1) is 0 Å². The molecule has 0 aromatic rings. The summed E-state index contributed by atoms with van der Waals surface area (Å²) in [5.74, 6) is -0.293. The van der Waals surface area contributed by atoms with Gasteiger partial charge in [-0.2, -0.15) is 0 Å². The Labute approximate surface area is 112 Å². The summed E-state index contributed by atoms with van der Waals surface area (Å²) in [5, 5.41) is 0. The van der Waals surface area contributed by atoms with Crippen LogP contribution in [0.2, 0.25) is 0 Å². The first-order chi connectivity index (χ1) is 8.95. The van der Waals surface area contributed by atoms with Crippen molar-refractivity contribution in [1.82, 2.24) is 0 Å². The van der Waals surface area contributed by atoms with Crippen molar-refractivity contribution in [3.63, 3.8) is 0 Å². The van der Waals surface area contributed by atoms with Gasteiger partial charge >= 0.3 is 11.9 Å². The van der Waals surface area contributed by atoms with Crippen molar-refractivity contribution < 1.29 is 23.8 Å². The molecular weight excluding hydrogens is 250 g/mol. The predicted molar refractivity (Wildman–Crippen MR) is 69.8 cm³/mol. The molecule has 0 aliphatic carbocycles. The number of ether oxygens (including phenoxy) is 3. The number of esters is 2. The molecule has 6 nitrogen and oxygen atoms in total. The number of nitrogens with two attached hydrogens (primary N) is 1. The lowest BCUT2D eigenvalue weighted by Gasteiger charge is -2.06. The third-order valence-corrected chi connectivity index (χ3v) is 1.76. The summed E-state index contributed by atoms with van der Waals surface area (Å²) < 4.78 is 14.7. The molecule has 0 atom stereocenters. The van der Waals surface area contributed by atoms with Crippen LogP contribution in [0.1, 0.15) is 13.8 Å². The van der Waals surface area contributed by atoms with Crippen molar-refractivity contribution in [2.45, 2.75) is 13.8 Å². The molecule has 0 rings (SSSR count). The molecule has 0 radical (unpaired) electrons. The molecule has 0 aromatic heterocycles. The molecule has 0 aromatic carbocycles. The predicted octanol–water partition coefficient (Wildman–Crippen LogP) is 1.04. The van der Waals surface area contributed by atoms with E-state index in [0.29, 0.717) is 11.5 Å². The van der Waals surface area contributed by atoms with E-state index >= 15 is 0 Å². The van der Waals surface area contributed by atoms with Gasteiger partial charge in [-0.1, -0.05) is 6.58 Å². The normalized spacial score (nSPS) is 11.7. The fourth-order valence-electron chi connectivity index (χ4n) is 0.942. The zero-order valence-electron chi connectivity index (χ0n) is 11.2. The molecule has 0 saturated heterocycles. The van der Waals surface area contributed by atoms with Crippen LogP contribution in [0.4, 0.5) is 0 Å². The molecule has 106 valence electrons. The molecule has 0 unspecified atom stereocenters. The number of carbonyl (C=O) groups is 2. The third kappa shape index (κ3) is 10.6.